The molecule has 242 valence electrons. The van der Waals surface area contributed by atoms with Gasteiger partial charge in [0, 0.05) is 21.7 Å². The summed E-state index contributed by atoms with van der Waals surface area (Å²) in [6.45, 7) is 6.60. The van der Waals surface area contributed by atoms with Crippen molar-refractivity contribution in [3.63, 3.8) is 0 Å². The number of carbonyl (C=O) groups excluding carboxylic acids is 1. The molecule has 0 aliphatic heterocycles. The van der Waals surface area contributed by atoms with Gasteiger partial charge in [0.1, 0.15) is 0 Å². The van der Waals surface area contributed by atoms with Gasteiger partial charge in [-0.15, -0.1) is 65.2 Å². The summed E-state index contributed by atoms with van der Waals surface area (Å²) in [5, 5.41) is 9.19. The molecule has 0 aliphatic carbocycles. The van der Waals surface area contributed by atoms with Gasteiger partial charge < -0.3 is 19.7 Å². The largest absolute Gasteiger partial charge is 3.00 e. The molecule has 0 saturated heterocycles. The average Bonchev–Trinajstić information content (AvgIpc) is 3.12. The quantitative estimate of drug-likeness (QED) is 0.0532. The van der Waals surface area contributed by atoms with Crippen molar-refractivity contribution in [2.45, 2.75) is 26.2 Å². The van der Waals surface area contributed by atoms with Gasteiger partial charge in [-0.05, 0) is 34.0 Å². The molecule has 0 bridgehead atoms. The van der Waals surface area contributed by atoms with E-state index < -0.39 is 7.14 Å². The summed E-state index contributed by atoms with van der Waals surface area (Å²) < 4.78 is 20.2. The van der Waals surface area contributed by atoms with E-state index in [1.165, 1.54) is 5.56 Å². The number of pyridine rings is 1. The normalized spacial score (nSPS) is 10.9. The maximum atomic E-state index is 14.9. The molecule has 5 nitrogen and oxygen atoms in total. The van der Waals surface area contributed by atoms with Gasteiger partial charge in [-0.1, -0.05) is 118 Å². The van der Waals surface area contributed by atoms with E-state index in [-0.39, 0.29) is 27.8 Å². The summed E-state index contributed by atoms with van der Waals surface area (Å²) in [6.07, 6.45) is 0.500. The predicted octanol–water partition coefficient (Wildman–Crippen LogP) is 8.52. The Balaban J connectivity index is 0.00000125. The van der Waals surface area contributed by atoms with Crippen LogP contribution in [0.4, 0.5) is 0 Å². The zero-order valence-corrected chi connectivity index (χ0v) is 30.1. The zero-order valence-electron chi connectivity index (χ0n) is 27.1. The molecule has 0 amide bonds. The van der Waals surface area contributed by atoms with E-state index in [0.717, 1.165) is 55.3 Å². The van der Waals surface area contributed by atoms with Crippen molar-refractivity contribution in [1.82, 2.24) is 4.98 Å². The minimum absolute atomic E-state index is 0. The number of hydrogen-bond donors (Lipinski definition) is 0. The Kier molecular flexibility index (Phi) is 12.1. The molecule has 0 radical (unpaired) electrons. The molecule has 5 aromatic carbocycles. The summed E-state index contributed by atoms with van der Waals surface area (Å²) in [4.78, 5) is 13.3. The van der Waals surface area contributed by atoms with Crippen molar-refractivity contribution >= 4 is 29.1 Å². The Morgan fingerprint density at radius 3 is 1.58 bits per heavy atom. The van der Waals surface area contributed by atoms with Gasteiger partial charge in [0.05, 0.1) is 7.11 Å². The van der Waals surface area contributed by atoms with Gasteiger partial charge in [0.25, 0.3) is 0 Å². The Labute approximate surface area is 298 Å². The molecule has 0 atom stereocenters. The van der Waals surface area contributed by atoms with Crippen molar-refractivity contribution < 1.29 is 36.5 Å². The fourth-order valence-electron chi connectivity index (χ4n) is 5.31. The Morgan fingerprint density at radius 1 is 0.688 bits per heavy atom. The van der Waals surface area contributed by atoms with Gasteiger partial charge in [-0.25, -0.2) is 0 Å². The smallest absolute Gasteiger partial charge is 0.724 e. The van der Waals surface area contributed by atoms with E-state index in [9.17, 15) is 4.57 Å². The molecule has 0 N–H and O–H groups in total. The van der Waals surface area contributed by atoms with Gasteiger partial charge in [-0.2, -0.15) is 0 Å². The van der Waals surface area contributed by atoms with E-state index in [1.807, 2.05) is 91.0 Å². The van der Waals surface area contributed by atoms with Crippen molar-refractivity contribution in [1.29, 1.82) is 0 Å². The molecule has 7 heteroatoms. The van der Waals surface area contributed by atoms with Crippen LogP contribution in [0.2, 0.25) is 0 Å². The Bertz CT molecular complexity index is 1970. The second kappa shape index (κ2) is 16.0. The van der Waals surface area contributed by atoms with Crippen LogP contribution in [0.3, 0.4) is 0 Å². The third-order valence-electron chi connectivity index (χ3n) is 7.88. The van der Waals surface area contributed by atoms with Crippen molar-refractivity contribution in [3.8, 4) is 39.4 Å². The molecular weight excluding hydrogens is 796 g/mol. The molecular formula is C41H34AuN2O3P. The minimum Gasteiger partial charge on any atom is -0.724 e. The number of isocyanates is 1. The summed E-state index contributed by atoms with van der Waals surface area (Å²) in [7, 11) is -1.42. The van der Waals surface area contributed by atoms with E-state index in [1.54, 1.807) is 7.11 Å². The van der Waals surface area contributed by atoms with Crippen LogP contribution in [0.5, 0.6) is 5.75 Å². The van der Waals surface area contributed by atoms with E-state index in [0.29, 0.717) is 6.08 Å². The molecule has 1 heterocycles. The molecule has 0 aliphatic rings. The molecule has 1 aromatic heterocycles. The van der Waals surface area contributed by atoms with Crippen LogP contribution in [0, 0.1) is 12.1 Å². The van der Waals surface area contributed by atoms with Crippen LogP contribution in [-0.2, 0) is 37.2 Å². The summed E-state index contributed by atoms with van der Waals surface area (Å²) in [6, 6.07) is 50.6. The molecule has 48 heavy (non-hydrogen) atoms. The van der Waals surface area contributed by atoms with Gasteiger partial charge >= 0.3 is 22.4 Å². The second-order valence-corrected chi connectivity index (χ2v) is 14.7. The van der Waals surface area contributed by atoms with Crippen molar-refractivity contribution in [2.24, 2.45) is 0 Å². The molecule has 0 unspecified atom stereocenters. The number of aromatic nitrogens is 1. The number of hydrogen-bond acceptors (Lipinski definition) is 4. The molecule has 0 spiro atoms. The van der Waals surface area contributed by atoms with Crippen molar-refractivity contribution in [3.05, 3.63) is 157 Å². The van der Waals surface area contributed by atoms with Gasteiger partial charge in [0.2, 0.25) is 0 Å². The molecule has 6 aromatic rings. The summed E-state index contributed by atoms with van der Waals surface area (Å²) in [5.74, 6) is 0.744. The van der Waals surface area contributed by atoms with Gasteiger partial charge in [-0.3, -0.25) is 4.79 Å². The van der Waals surface area contributed by atoms with Gasteiger partial charge in [0.15, 0.2) is 7.14 Å². The molecule has 0 saturated carbocycles. The van der Waals surface area contributed by atoms with Crippen LogP contribution in [-0.4, -0.2) is 18.2 Å². The first-order chi connectivity index (χ1) is 22.7. The third-order valence-corrected chi connectivity index (χ3v) is 11.0. The number of methoxy groups -OCH3 is 1. The van der Waals surface area contributed by atoms with E-state index in [4.69, 9.17) is 19.9 Å². The number of nitrogens with zero attached hydrogens (tertiary/aromatic N) is 2. The van der Waals surface area contributed by atoms with Crippen LogP contribution in [0.15, 0.2) is 133 Å². The monoisotopic (exact) mass is 830 g/mol. The molecule has 0 fully saturated rings. The van der Waals surface area contributed by atoms with E-state index in [2.05, 4.69) is 75.4 Å². The van der Waals surface area contributed by atoms with Crippen molar-refractivity contribution in [2.75, 3.05) is 7.11 Å². The second-order valence-electron chi connectivity index (χ2n) is 11.9. The number of rotatable bonds is 7. The summed E-state index contributed by atoms with van der Waals surface area (Å²) >= 11 is 0. The van der Waals surface area contributed by atoms with Crippen LogP contribution >= 0.6 is 7.14 Å². The maximum absolute atomic E-state index is 14.9. The Hall–Kier alpha value is -4.60. The average molecular weight is 831 g/mol. The fraction of sp³-hybridized carbons (Fsp3) is 0.122. The standard InChI is InChI=1S/C40H34NO2P.CNO.Au/c1-40(2,3)33-21-15-30(16-22-33)38-27-32(28-39(41-38)31-17-23-34(43-4)24-18-31)29-19-25-37(26-20-29)44(42,35-11-7-5-8-12-35)36-13-9-6-10-14-36;2-1-3;/h5-15,17,19-28H,1-4H3;;/q-2;-1;+3. The van der Waals surface area contributed by atoms with E-state index >= 15 is 0 Å². The molecule has 6 rings (SSSR count). The van der Waals surface area contributed by atoms with Crippen LogP contribution < -0.4 is 20.7 Å². The number of ether oxygens (including phenoxy) is 1. The predicted molar refractivity (Wildman–Crippen MR) is 192 cm³/mol. The first-order valence-electron chi connectivity index (χ1n) is 15.1. The summed E-state index contributed by atoms with van der Waals surface area (Å²) in [5.41, 5.74) is 6.68. The topological polar surface area (TPSA) is 78.6 Å². The maximum Gasteiger partial charge on any atom is 3.00 e. The zero-order chi connectivity index (χ0) is 33.4. The first-order valence-corrected chi connectivity index (χ1v) is 16.8. The minimum atomic E-state index is -3.06. The SMILES string of the molecule is COc1c[c-]c(-c2cc(-c3ccc(P(=O)(c4ccccc4)c4ccccc4)cc3)cc(-c3[c-]cc(C(C)(C)C)cc3)n2)cc1.[Au+3].[N-]=C=O. The van der Waals surface area contributed by atoms with Crippen LogP contribution in [0.1, 0.15) is 26.3 Å². The first kappa shape index (κ1) is 36.2. The van der Waals surface area contributed by atoms with Crippen LogP contribution in [0.25, 0.3) is 39.1 Å². The fourth-order valence-corrected chi connectivity index (χ4v) is 7.95. The Morgan fingerprint density at radius 2 is 1.17 bits per heavy atom. The number of benzene rings is 5. The third kappa shape index (κ3) is 8.09.